The van der Waals surface area contributed by atoms with Gasteiger partial charge in [0.05, 0.1) is 6.61 Å². The SMILES string of the molecule is CCCCCCCCCCCCCCCCOC(=O)C(N)CCCN. The molecule has 4 N–H and O–H groups in total. The normalized spacial score (nSPS) is 12.3. The molecule has 0 aromatic carbocycles. The Morgan fingerprint density at radius 1 is 0.760 bits per heavy atom. The van der Waals surface area contributed by atoms with Gasteiger partial charge >= 0.3 is 5.97 Å². The van der Waals surface area contributed by atoms with E-state index >= 15 is 0 Å². The second kappa shape index (κ2) is 19.7. The van der Waals surface area contributed by atoms with Crippen molar-refractivity contribution in [1.82, 2.24) is 0 Å². The minimum Gasteiger partial charge on any atom is -0.465 e. The molecule has 0 aliphatic carbocycles. The van der Waals surface area contributed by atoms with Crippen molar-refractivity contribution in [1.29, 1.82) is 0 Å². The topological polar surface area (TPSA) is 78.3 Å². The Labute approximate surface area is 156 Å². The molecule has 0 fully saturated rings. The van der Waals surface area contributed by atoms with E-state index < -0.39 is 6.04 Å². The maximum Gasteiger partial charge on any atom is 0.322 e. The molecule has 0 aromatic heterocycles. The third-order valence-corrected chi connectivity index (χ3v) is 4.76. The van der Waals surface area contributed by atoms with E-state index in [0.717, 1.165) is 19.3 Å². The van der Waals surface area contributed by atoms with Crippen molar-refractivity contribution < 1.29 is 9.53 Å². The molecule has 0 aromatic rings. The van der Waals surface area contributed by atoms with Crippen molar-refractivity contribution in [2.24, 2.45) is 11.5 Å². The molecule has 0 bridgehead atoms. The highest BCUT2D eigenvalue weighted by Crippen LogP contribution is 2.13. The molecule has 4 nitrogen and oxygen atoms in total. The first-order valence-electron chi connectivity index (χ1n) is 10.8. The van der Waals surface area contributed by atoms with Crippen LogP contribution in [-0.2, 0) is 9.53 Å². The third-order valence-electron chi connectivity index (χ3n) is 4.76. The van der Waals surface area contributed by atoms with Gasteiger partial charge in [-0.3, -0.25) is 4.79 Å². The molecule has 0 saturated carbocycles. The molecule has 25 heavy (non-hydrogen) atoms. The predicted molar refractivity (Wildman–Crippen MR) is 108 cm³/mol. The number of unbranched alkanes of at least 4 members (excludes halogenated alkanes) is 13. The van der Waals surface area contributed by atoms with Crippen molar-refractivity contribution >= 4 is 5.97 Å². The van der Waals surface area contributed by atoms with Gasteiger partial charge in [-0.15, -0.1) is 0 Å². The minimum atomic E-state index is -0.504. The number of ether oxygens (including phenoxy) is 1. The van der Waals surface area contributed by atoms with Gasteiger partial charge in [-0.1, -0.05) is 90.4 Å². The van der Waals surface area contributed by atoms with Crippen LogP contribution in [0.1, 0.15) is 110 Å². The molecule has 0 rings (SSSR count). The van der Waals surface area contributed by atoms with Gasteiger partial charge in [0.1, 0.15) is 6.04 Å². The van der Waals surface area contributed by atoms with Gasteiger partial charge in [-0.05, 0) is 25.8 Å². The molecule has 0 amide bonds. The summed E-state index contributed by atoms with van der Waals surface area (Å²) in [7, 11) is 0. The van der Waals surface area contributed by atoms with Gasteiger partial charge in [0.15, 0.2) is 0 Å². The maximum atomic E-state index is 11.6. The summed E-state index contributed by atoms with van der Waals surface area (Å²) in [6, 6.07) is -0.504. The average Bonchev–Trinajstić information content (AvgIpc) is 2.62. The van der Waals surface area contributed by atoms with Gasteiger partial charge in [-0.25, -0.2) is 0 Å². The average molecular weight is 357 g/mol. The van der Waals surface area contributed by atoms with E-state index in [9.17, 15) is 4.79 Å². The van der Waals surface area contributed by atoms with Crippen LogP contribution in [0.25, 0.3) is 0 Å². The highest BCUT2D eigenvalue weighted by molar-refractivity contribution is 5.75. The Kier molecular flexibility index (Phi) is 19.2. The summed E-state index contributed by atoms with van der Waals surface area (Å²) < 4.78 is 5.20. The number of esters is 1. The van der Waals surface area contributed by atoms with Crippen molar-refractivity contribution in [3.05, 3.63) is 0 Å². The summed E-state index contributed by atoms with van der Waals surface area (Å²) in [5.41, 5.74) is 11.1. The highest BCUT2D eigenvalue weighted by atomic mass is 16.5. The zero-order valence-electron chi connectivity index (χ0n) is 16.8. The van der Waals surface area contributed by atoms with E-state index in [1.807, 2.05) is 0 Å². The zero-order valence-corrected chi connectivity index (χ0v) is 16.8. The standard InChI is InChI=1S/C21H44N2O2/c1-2-3-4-5-6-7-8-9-10-11-12-13-14-15-19-25-21(24)20(23)17-16-18-22/h20H,2-19,22-23H2,1H3. The van der Waals surface area contributed by atoms with Crippen LogP contribution < -0.4 is 11.5 Å². The predicted octanol–water partition coefficient (Wildman–Crippen LogP) is 5.08. The number of nitrogens with two attached hydrogens (primary N) is 2. The van der Waals surface area contributed by atoms with Gasteiger partial charge < -0.3 is 16.2 Å². The van der Waals surface area contributed by atoms with E-state index in [2.05, 4.69) is 6.92 Å². The van der Waals surface area contributed by atoms with Crippen LogP contribution in [0.15, 0.2) is 0 Å². The Morgan fingerprint density at radius 3 is 1.64 bits per heavy atom. The Morgan fingerprint density at radius 2 is 1.20 bits per heavy atom. The smallest absolute Gasteiger partial charge is 0.322 e. The first kappa shape index (κ1) is 24.4. The molecule has 4 heteroatoms. The summed E-state index contributed by atoms with van der Waals surface area (Å²) >= 11 is 0. The number of rotatable bonds is 19. The fraction of sp³-hybridized carbons (Fsp3) is 0.952. The molecule has 0 aliphatic rings. The van der Waals surface area contributed by atoms with E-state index in [-0.39, 0.29) is 5.97 Å². The van der Waals surface area contributed by atoms with Crippen LogP contribution in [0.2, 0.25) is 0 Å². The van der Waals surface area contributed by atoms with Crippen LogP contribution in [0.5, 0.6) is 0 Å². The highest BCUT2D eigenvalue weighted by Gasteiger charge is 2.13. The van der Waals surface area contributed by atoms with Crippen LogP contribution >= 0.6 is 0 Å². The van der Waals surface area contributed by atoms with Gasteiger partial charge in [0.25, 0.3) is 0 Å². The first-order chi connectivity index (χ1) is 12.2. The molecule has 1 unspecified atom stereocenters. The molecule has 0 heterocycles. The summed E-state index contributed by atoms with van der Waals surface area (Å²) in [4.78, 5) is 11.6. The van der Waals surface area contributed by atoms with Crippen LogP contribution in [0.4, 0.5) is 0 Å². The van der Waals surface area contributed by atoms with E-state index in [1.54, 1.807) is 0 Å². The number of carbonyl (C=O) groups is 1. The quantitative estimate of drug-likeness (QED) is 0.250. The van der Waals surface area contributed by atoms with Crippen molar-refractivity contribution in [2.45, 2.75) is 116 Å². The lowest BCUT2D eigenvalue weighted by atomic mass is 10.0. The zero-order chi connectivity index (χ0) is 18.6. The van der Waals surface area contributed by atoms with E-state index in [1.165, 1.54) is 77.0 Å². The molecule has 0 radical (unpaired) electrons. The molecule has 0 saturated heterocycles. The number of carbonyl (C=O) groups excluding carboxylic acids is 1. The molecular formula is C21H44N2O2. The second-order valence-electron chi connectivity index (χ2n) is 7.30. The van der Waals surface area contributed by atoms with Gasteiger partial charge in [0.2, 0.25) is 0 Å². The van der Waals surface area contributed by atoms with Crippen LogP contribution in [-0.4, -0.2) is 25.2 Å². The van der Waals surface area contributed by atoms with Gasteiger partial charge in [-0.2, -0.15) is 0 Å². The maximum absolute atomic E-state index is 11.6. The third kappa shape index (κ3) is 18.0. The first-order valence-corrected chi connectivity index (χ1v) is 10.8. The van der Waals surface area contributed by atoms with Crippen molar-refractivity contribution in [3.63, 3.8) is 0 Å². The molecule has 150 valence electrons. The number of hydrogen-bond acceptors (Lipinski definition) is 4. The Balaban J connectivity index is 3.17. The molecule has 0 aliphatic heterocycles. The summed E-state index contributed by atoms with van der Waals surface area (Å²) in [6.07, 6.45) is 20.0. The lowest BCUT2D eigenvalue weighted by Crippen LogP contribution is -2.33. The summed E-state index contributed by atoms with van der Waals surface area (Å²) in [5, 5.41) is 0. The molecular weight excluding hydrogens is 312 g/mol. The Bertz CT molecular complexity index is 285. The van der Waals surface area contributed by atoms with Crippen molar-refractivity contribution in [3.8, 4) is 0 Å². The van der Waals surface area contributed by atoms with Crippen LogP contribution in [0.3, 0.4) is 0 Å². The Hall–Kier alpha value is -0.610. The fourth-order valence-electron chi connectivity index (χ4n) is 3.03. The van der Waals surface area contributed by atoms with Crippen molar-refractivity contribution in [2.75, 3.05) is 13.2 Å². The lowest BCUT2D eigenvalue weighted by Gasteiger charge is -2.10. The van der Waals surface area contributed by atoms with E-state index in [0.29, 0.717) is 19.6 Å². The van der Waals surface area contributed by atoms with Gasteiger partial charge in [0, 0.05) is 0 Å². The molecule has 0 spiro atoms. The fourth-order valence-corrected chi connectivity index (χ4v) is 3.03. The molecule has 1 atom stereocenters. The monoisotopic (exact) mass is 356 g/mol. The van der Waals surface area contributed by atoms with Crippen LogP contribution in [0, 0.1) is 0 Å². The second-order valence-corrected chi connectivity index (χ2v) is 7.30. The minimum absolute atomic E-state index is 0.275. The largest absolute Gasteiger partial charge is 0.465 e. The summed E-state index contributed by atoms with van der Waals surface area (Å²) in [6.45, 7) is 3.35. The number of hydrogen-bond donors (Lipinski definition) is 2. The lowest BCUT2D eigenvalue weighted by molar-refractivity contribution is -0.145. The van der Waals surface area contributed by atoms with E-state index in [4.69, 9.17) is 16.2 Å². The summed E-state index contributed by atoms with van der Waals surface area (Å²) in [5.74, 6) is -0.275.